The fourth-order valence-electron chi connectivity index (χ4n) is 2.60. The second kappa shape index (κ2) is 7.55. The lowest BCUT2D eigenvalue weighted by atomic mass is 10.2. The number of ether oxygens (including phenoxy) is 2. The van der Waals surface area contributed by atoms with Crippen LogP contribution in [0.1, 0.15) is 16.1 Å². The Kier molecular flexibility index (Phi) is 4.80. The van der Waals surface area contributed by atoms with Crippen LogP contribution in [0.4, 0.5) is 0 Å². The Morgan fingerprint density at radius 2 is 1.78 bits per heavy atom. The minimum atomic E-state index is -0.354. The number of nitrogens with one attached hydrogen (secondary N) is 1. The minimum Gasteiger partial charge on any atom is -0.486 e. The van der Waals surface area contributed by atoms with Crippen molar-refractivity contribution >= 4 is 23.7 Å². The number of carbonyl (C=O) groups is 1. The Labute approximate surface area is 160 Å². The summed E-state index contributed by atoms with van der Waals surface area (Å²) < 4.78 is 16.6. The van der Waals surface area contributed by atoms with E-state index in [0.29, 0.717) is 46.8 Å². The van der Waals surface area contributed by atoms with Gasteiger partial charge in [-0.05, 0) is 54.6 Å². The maximum Gasteiger partial charge on any atom is 0.271 e. The quantitative estimate of drug-likeness (QED) is 0.543. The number of fused-ring (bicyclic) bond motifs is 1. The van der Waals surface area contributed by atoms with Gasteiger partial charge in [-0.2, -0.15) is 5.10 Å². The Morgan fingerprint density at radius 1 is 1.00 bits per heavy atom. The molecule has 6 nitrogen and oxygen atoms in total. The average molecular weight is 383 g/mol. The van der Waals surface area contributed by atoms with E-state index in [1.807, 2.05) is 18.2 Å². The van der Waals surface area contributed by atoms with Gasteiger partial charge in [0.25, 0.3) is 5.91 Å². The van der Waals surface area contributed by atoms with E-state index < -0.39 is 0 Å². The third-order valence-electron chi connectivity index (χ3n) is 3.92. The van der Waals surface area contributed by atoms with Gasteiger partial charge in [-0.1, -0.05) is 11.6 Å². The Morgan fingerprint density at radius 3 is 2.59 bits per heavy atom. The molecule has 3 aromatic rings. The molecule has 0 saturated carbocycles. The standard InChI is InChI=1S/C20H15ClN2O4/c21-15-4-1-13(2-5-15)17-8-6-16(27-17)12-22-23-20(24)14-3-7-18-19(11-14)26-10-9-25-18/h1-8,11-12H,9-10H2,(H,23,24)/b22-12-. The van der Waals surface area contributed by atoms with Crippen molar-refractivity contribution in [1.29, 1.82) is 0 Å². The monoisotopic (exact) mass is 382 g/mol. The molecule has 0 atom stereocenters. The van der Waals surface area contributed by atoms with Gasteiger partial charge in [-0.15, -0.1) is 0 Å². The van der Waals surface area contributed by atoms with Crippen LogP contribution in [0.2, 0.25) is 5.02 Å². The molecule has 1 amide bonds. The van der Waals surface area contributed by atoms with Crippen molar-refractivity contribution in [2.45, 2.75) is 0 Å². The first-order chi connectivity index (χ1) is 13.2. The largest absolute Gasteiger partial charge is 0.486 e. The van der Waals surface area contributed by atoms with E-state index in [1.54, 1.807) is 36.4 Å². The second-order valence-electron chi connectivity index (χ2n) is 5.77. The van der Waals surface area contributed by atoms with Crippen molar-refractivity contribution in [2.75, 3.05) is 13.2 Å². The normalized spacial score (nSPS) is 12.9. The summed E-state index contributed by atoms with van der Waals surface area (Å²) in [6, 6.07) is 15.9. The van der Waals surface area contributed by atoms with Gasteiger partial charge in [-0.25, -0.2) is 5.43 Å². The van der Waals surface area contributed by atoms with Crippen LogP contribution in [0.3, 0.4) is 0 Å². The first-order valence-electron chi connectivity index (χ1n) is 8.28. The molecule has 0 spiro atoms. The number of amides is 1. The summed E-state index contributed by atoms with van der Waals surface area (Å²) in [6.07, 6.45) is 1.44. The Bertz CT molecular complexity index is 995. The van der Waals surface area contributed by atoms with Crippen LogP contribution in [0.15, 0.2) is 64.1 Å². The molecular formula is C20H15ClN2O4. The molecule has 0 fully saturated rings. The van der Waals surface area contributed by atoms with E-state index in [2.05, 4.69) is 10.5 Å². The van der Waals surface area contributed by atoms with Gasteiger partial charge < -0.3 is 13.9 Å². The predicted molar refractivity (Wildman–Crippen MR) is 102 cm³/mol. The van der Waals surface area contributed by atoms with Gasteiger partial charge in [0, 0.05) is 16.1 Å². The molecule has 1 aromatic heterocycles. The zero-order chi connectivity index (χ0) is 18.6. The summed E-state index contributed by atoms with van der Waals surface area (Å²) in [5.41, 5.74) is 3.80. The summed E-state index contributed by atoms with van der Waals surface area (Å²) >= 11 is 5.89. The topological polar surface area (TPSA) is 73.1 Å². The third kappa shape index (κ3) is 3.96. The van der Waals surface area contributed by atoms with Gasteiger partial charge in [0.15, 0.2) is 11.5 Å². The maximum atomic E-state index is 12.2. The van der Waals surface area contributed by atoms with Gasteiger partial charge in [-0.3, -0.25) is 4.79 Å². The smallest absolute Gasteiger partial charge is 0.271 e. The van der Waals surface area contributed by atoms with E-state index in [9.17, 15) is 4.79 Å². The molecule has 7 heteroatoms. The lowest BCUT2D eigenvalue weighted by Gasteiger charge is -2.18. The molecule has 1 aliphatic heterocycles. The zero-order valence-electron chi connectivity index (χ0n) is 14.1. The second-order valence-corrected chi connectivity index (χ2v) is 6.20. The lowest BCUT2D eigenvalue weighted by molar-refractivity contribution is 0.0954. The number of nitrogens with zero attached hydrogens (tertiary/aromatic N) is 1. The van der Waals surface area contributed by atoms with Gasteiger partial charge in [0.2, 0.25) is 0 Å². The number of furan rings is 1. The van der Waals surface area contributed by atoms with Crippen LogP contribution < -0.4 is 14.9 Å². The van der Waals surface area contributed by atoms with Crippen LogP contribution in [-0.4, -0.2) is 25.3 Å². The molecule has 4 rings (SSSR count). The van der Waals surface area contributed by atoms with E-state index in [4.69, 9.17) is 25.5 Å². The molecular weight excluding hydrogens is 368 g/mol. The van der Waals surface area contributed by atoms with Crippen LogP contribution in [-0.2, 0) is 0 Å². The van der Waals surface area contributed by atoms with Crippen molar-refractivity contribution in [1.82, 2.24) is 5.43 Å². The fourth-order valence-corrected chi connectivity index (χ4v) is 2.72. The molecule has 136 valence electrons. The number of halogens is 1. The van der Waals surface area contributed by atoms with Gasteiger partial charge in [0.1, 0.15) is 24.7 Å². The van der Waals surface area contributed by atoms with Crippen molar-refractivity contribution in [3.63, 3.8) is 0 Å². The highest BCUT2D eigenvalue weighted by molar-refractivity contribution is 6.30. The third-order valence-corrected chi connectivity index (χ3v) is 4.17. The highest BCUT2D eigenvalue weighted by atomic mass is 35.5. The zero-order valence-corrected chi connectivity index (χ0v) is 14.9. The molecule has 0 saturated heterocycles. The first-order valence-corrected chi connectivity index (χ1v) is 8.66. The Hall–Kier alpha value is -3.25. The number of hydrogen-bond donors (Lipinski definition) is 1. The molecule has 0 aliphatic carbocycles. The van der Waals surface area contributed by atoms with Crippen molar-refractivity contribution < 1.29 is 18.7 Å². The highest BCUT2D eigenvalue weighted by Gasteiger charge is 2.14. The SMILES string of the molecule is O=C(N/N=C\c1ccc(-c2ccc(Cl)cc2)o1)c1ccc2c(c1)OCCO2. The molecule has 0 radical (unpaired) electrons. The van der Waals surface area contributed by atoms with Gasteiger partial charge in [0.05, 0.1) is 6.21 Å². The summed E-state index contributed by atoms with van der Waals surface area (Å²) in [5, 5.41) is 4.60. The van der Waals surface area contributed by atoms with E-state index >= 15 is 0 Å². The van der Waals surface area contributed by atoms with Crippen LogP contribution in [0, 0.1) is 0 Å². The summed E-state index contributed by atoms with van der Waals surface area (Å²) in [7, 11) is 0. The molecule has 2 aromatic carbocycles. The van der Waals surface area contributed by atoms with Gasteiger partial charge >= 0.3 is 0 Å². The van der Waals surface area contributed by atoms with E-state index in [0.717, 1.165) is 5.56 Å². The summed E-state index contributed by atoms with van der Waals surface area (Å²) in [4.78, 5) is 12.2. The van der Waals surface area contributed by atoms with E-state index in [1.165, 1.54) is 6.21 Å². The number of rotatable bonds is 4. The van der Waals surface area contributed by atoms with Crippen molar-refractivity contribution in [3.05, 3.63) is 70.9 Å². The molecule has 0 unspecified atom stereocenters. The number of benzene rings is 2. The average Bonchev–Trinajstić information content (AvgIpc) is 3.17. The minimum absolute atomic E-state index is 0.354. The molecule has 0 bridgehead atoms. The van der Waals surface area contributed by atoms with Crippen LogP contribution in [0.5, 0.6) is 11.5 Å². The van der Waals surface area contributed by atoms with Crippen molar-refractivity contribution in [3.8, 4) is 22.8 Å². The summed E-state index contributed by atoms with van der Waals surface area (Å²) in [5.74, 6) is 2.03. The molecule has 1 aliphatic rings. The highest BCUT2D eigenvalue weighted by Crippen LogP contribution is 2.30. The van der Waals surface area contributed by atoms with E-state index in [-0.39, 0.29) is 5.91 Å². The van der Waals surface area contributed by atoms with Crippen LogP contribution >= 0.6 is 11.6 Å². The summed E-state index contributed by atoms with van der Waals surface area (Å²) in [6.45, 7) is 0.967. The maximum absolute atomic E-state index is 12.2. The predicted octanol–water partition coefficient (Wildman–Crippen LogP) is 4.14. The molecule has 1 N–H and O–H groups in total. The van der Waals surface area contributed by atoms with Crippen molar-refractivity contribution in [2.24, 2.45) is 5.10 Å². The van der Waals surface area contributed by atoms with Crippen LogP contribution in [0.25, 0.3) is 11.3 Å². The number of hydrazone groups is 1. The lowest BCUT2D eigenvalue weighted by Crippen LogP contribution is -2.19. The first kappa shape index (κ1) is 17.2. The number of carbonyl (C=O) groups excluding carboxylic acids is 1. The Balaban J connectivity index is 1.40. The molecule has 2 heterocycles. The number of hydrogen-bond acceptors (Lipinski definition) is 5. The fraction of sp³-hybridized carbons (Fsp3) is 0.100. The molecule has 27 heavy (non-hydrogen) atoms.